The van der Waals surface area contributed by atoms with Crippen molar-refractivity contribution in [1.82, 2.24) is 19.9 Å². The molecule has 1 amide bonds. The fourth-order valence-corrected chi connectivity index (χ4v) is 4.96. The number of para-hydroxylation sites is 1. The van der Waals surface area contributed by atoms with E-state index >= 15 is 0 Å². The van der Waals surface area contributed by atoms with Gasteiger partial charge in [-0.05, 0) is 24.3 Å². The van der Waals surface area contributed by atoms with E-state index in [9.17, 15) is 18.0 Å². The van der Waals surface area contributed by atoms with Gasteiger partial charge < -0.3 is 30.3 Å². The van der Waals surface area contributed by atoms with Crippen molar-refractivity contribution in [3.05, 3.63) is 48.8 Å². The van der Waals surface area contributed by atoms with Gasteiger partial charge in [0.15, 0.2) is 9.84 Å². The normalized spacial score (nSPS) is 13.6. The maximum atomic E-state index is 12.2. The van der Waals surface area contributed by atoms with E-state index < -0.39 is 15.8 Å². The maximum absolute atomic E-state index is 12.2. The summed E-state index contributed by atoms with van der Waals surface area (Å²) in [6.45, 7) is 2.21. The summed E-state index contributed by atoms with van der Waals surface area (Å²) < 4.78 is 29.8. The number of rotatable bonds is 10. The van der Waals surface area contributed by atoms with Crippen molar-refractivity contribution in [2.24, 2.45) is 0 Å². The first-order valence-corrected chi connectivity index (χ1v) is 14.0. The lowest BCUT2D eigenvalue weighted by atomic mass is 10.2. The molecule has 1 fully saturated rings. The van der Waals surface area contributed by atoms with Gasteiger partial charge in [0.2, 0.25) is 17.8 Å². The van der Waals surface area contributed by atoms with Gasteiger partial charge in [0, 0.05) is 50.6 Å². The van der Waals surface area contributed by atoms with Crippen LogP contribution < -0.4 is 20.3 Å². The summed E-state index contributed by atoms with van der Waals surface area (Å²) in [6, 6.07) is 12.1. The summed E-state index contributed by atoms with van der Waals surface area (Å²) in [6.07, 6.45) is 2.27. The molecule has 3 N–H and O–H groups in total. The molecule has 1 saturated heterocycles. The fourth-order valence-electron chi connectivity index (χ4n) is 4.12. The van der Waals surface area contributed by atoms with E-state index in [-0.39, 0.29) is 35.5 Å². The minimum Gasteiger partial charge on any atom is -0.494 e. The van der Waals surface area contributed by atoms with Gasteiger partial charge in [-0.1, -0.05) is 12.1 Å². The average Bonchev–Trinajstić information content (AvgIpc) is 2.92. The minimum atomic E-state index is -3.46. The molecule has 0 atom stereocenters. The Bertz CT molecular complexity index is 1460. The molecule has 0 spiro atoms. The third kappa shape index (κ3) is 7.10. The van der Waals surface area contributed by atoms with Crippen LogP contribution in [0, 0.1) is 0 Å². The standard InChI is InChI=1S/C25H29N7O6S/c1-38-20-15-17(31-11-13-32(14-12-31)22(33)9-10-23(34)35)7-8-18(20)28-24-26-16-27-25(30-24)29-19-5-3-4-6-21(19)39(2,36)37/h3-8,15-16H,9-14H2,1-2H3,(H,34,35)(H2,26,27,28,29,30). The first-order chi connectivity index (χ1) is 18.6. The Morgan fingerprint density at radius 3 is 2.28 bits per heavy atom. The molecule has 0 saturated carbocycles. The highest BCUT2D eigenvalue weighted by atomic mass is 32.2. The van der Waals surface area contributed by atoms with Crippen LogP contribution in [0.25, 0.3) is 0 Å². The number of benzene rings is 2. The number of nitrogens with one attached hydrogen (secondary N) is 2. The summed E-state index contributed by atoms with van der Waals surface area (Å²) in [5.41, 5.74) is 1.87. The van der Waals surface area contributed by atoms with Crippen LogP contribution in [0.2, 0.25) is 0 Å². The van der Waals surface area contributed by atoms with E-state index in [4.69, 9.17) is 9.84 Å². The molecule has 1 aliphatic heterocycles. The molecule has 0 bridgehead atoms. The molecular formula is C25H29N7O6S. The Hall–Kier alpha value is -4.46. The molecule has 4 rings (SSSR count). The summed E-state index contributed by atoms with van der Waals surface area (Å²) in [5.74, 6) is -0.200. The predicted molar refractivity (Wildman–Crippen MR) is 145 cm³/mol. The number of methoxy groups -OCH3 is 1. The quantitative estimate of drug-likeness (QED) is 0.334. The number of amides is 1. The second kappa shape index (κ2) is 11.9. The maximum Gasteiger partial charge on any atom is 0.303 e. The van der Waals surface area contributed by atoms with E-state index in [1.165, 1.54) is 12.4 Å². The minimum absolute atomic E-state index is 0.00203. The number of carbonyl (C=O) groups is 2. The molecule has 0 unspecified atom stereocenters. The second-order valence-electron chi connectivity index (χ2n) is 8.80. The molecule has 1 aliphatic rings. The third-order valence-corrected chi connectivity index (χ3v) is 7.24. The average molecular weight is 556 g/mol. The molecule has 0 aliphatic carbocycles. The molecule has 1 aromatic heterocycles. The number of aromatic nitrogens is 3. The molecule has 39 heavy (non-hydrogen) atoms. The highest BCUT2D eigenvalue weighted by Gasteiger charge is 2.22. The van der Waals surface area contributed by atoms with Crippen LogP contribution in [0.1, 0.15) is 12.8 Å². The summed E-state index contributed by atoms with van der Waals surface area (Å²) in [4.78, 5) is 39.5. The lowest BCUT2D eigenvalue weighted by Gasteiger charge is -2.36. The van der Waals surface area contributed by atoms with Crippen LogP contribution >= 0.6 is 0 Å². The molecule has 13 nitrogen and oxygen atoms in total. The van der Waals surface area contributed by atoms with Gasteiger partial charge in [-0.15, -0.1) is 0 Å². The van der Waals surface area contributed by atoms with Gasteiger partial charge in [0.05, 0.1) is 29.8 Å². The van der Waals surface area contributed by atoms with E-state index in [1.807, 2.05) is 18.2 Å². The van der Waals surface area contributed by atoms with Gasteiger partial charge >= 0.3 is 5.97 Å². The molecular weight excluding hydrogens is 526 g/mol. The Morgan fingerprint density at radius 1 is 0.974 bits per heavy atom. The Morgan fingerprint density at radius 2 is 1.64 bits per heavy atom. The third-order valence-electron chi connectivity index (χ3n) is 6.09. The zero-order valence-electron chi connectivity index (χ0n) is 21.5. The summed E-state index contributed by atoms with van der Waals surface area (Å²) >= 11 is 0. The van der Waals surface area contributed by atoms with Crippen molar-refractivity contribution >= 4 is 50.7 Å². The molecule has 14 heteroatoms. The predicted octanol–water partition coefficient (Wildman–Crippen LogP) is 2.28. The number of sulfone groups is 1. The van der Waals surface area contributed by atoms with Gasteiger partial charge in [-0.2, -0.15) is 4.98 Å². The Kier molecular flexibility index (Phi) is 8.44. The molecule has 2 heterocycles. The largest absolute Gasteiger partial charge is 0.494 e. The fraction of sp³-hybridized carbons (Fsp3) is 0.320. The zero-order chi connectivity index (χ0) is 28.0. The number of ether oxygens (including phenoxy) is 1. The van der Waals surface area contributed by atoms with E-state index in [0.29, 0.717) is 43.3 Å². The number of anilines is 5. The smallest absolute Gasteiger partial charge is 0.303 e. The summed E-state index contributed by atoms with van der Waals surface area (Å²) in [5, 5.41) is 14.8. The van der Waals surface area contributed by atoms with Crippen LogP contribution in [0.3, 0.4) is 0 Å². The Labute approximate surface area is 225 Å². The number of carbonyl (C=O) groups excluding carboxylic acids is 1. The van der Waals surface area contributed by atoms with Crippen molar-refractivity contribution in [3.63, 3.8) is 0 Å². The SMILES string of the molecule is COc1cc(N2CCN(C(=O)CCC(=O)O)CC2)ccc1Nc1ncnc(Nc2ccccc2S(C)(=O)=O)n1. The van der Waals surface area contributed by atoms with Crippen molar-refractivity contribution in [3.8, 4) is 5.75 Å². The van der Waals surface area contributed by atoms with Crippen LogP contribution in [0.4, 0.5) is 29.0 Å². The van der Waals surface area contributed by atoms with Crippen LogP contribution in [0.5, 0.6) is 5.75 Å². The highest BCUT2D eigenvalue weighted by molar-refractivity contribution is 7.90. The highest BCUT2D eigenvalue weighted by Crippen LogP contribution is 2.32. The first kappa shape index (κ1) is 27.6. The molecule has 2 aromatic carbocycles. The van der Waals surface area contributed by atoms with Crippen molar-refractivity contribution in [2.75, 3.05) is 55.1 Å². The first-order valence-electron chi connectivity index (χ1n) is 12.1. The number of nitrogens with zero attached hydrogens (tertiary/aromatic N) is 5. The summed E-state index contributed by atoms with van der Waals surface area (Å²) in [7, 11) is -1.91. The van der Waals surface area contributed by atoms with Gasteiger partial charge in [0.1, 0.15) is 12.1 Å². The number of hydrogen-bond donors (Lipinski definition) is 3. The zero-order valence-corrected chi connectivity index (χ0v) is 22.3. The van der Waals surface area contributed by atoms with Gasteiger partial charge in [-0.3, -0.25) is 9.59 Å². The van der Waals surface area contributed by atoms with Crippen LogP contribution in [-0.2, 0) is 19.4 Å². The number of carboxylic acids is 1. The van der Waals surface area contributed by atoms with Crippen molar-refractivity contribution in [1.29, 1.82) is 0 Å². The van der Waals surface area contributed by atoms with E-state index in [2.05, 4.69) is 30.5 Å². The van der Waals surface area contributed by atoms with Crippen LogP contribution in [0.15, 0.2) is 53.7 Å². The number of aliphatic carboxylic acids is 1. The van der Waals surface area contributed by atoms with Gasteiger partial charge in [-0.25, -0.2) is 18.4 Å². The van der Waals surface area contributed by atoms with E-state index in [1.54, 1.807) is 30.2 Å². The van der Waals surface area contributed by atoms with E-state index in [0.717, 1.165) is 11.9 Å². The van der Waals surface area contributed by atoms with Gasteiger partial charge in [0.25, 0.3) is 0 Å². The monoisotopic (exact) mass is 555 g/mol. The molecule has 0 radical (unpaired) electrons. The number of piperazine rings is 1. The lowest BCUT2D eigenvalue weighted by molar-refractivity contribution is -0.141. The number of carboxylic acid groups (broad SMARTS) is 1. The topological polar surface area (TPSA) is 167 Å². The number of hydrogen-bond acceptors (Lipinski definition) is 11. The van der Waals surface area contributed by atoms with Crippen LogP contribution in [-0.4, -0.2) is 84.8 Å². The second-order valence-corrected chi connectivity index (χ2v) is 10.8. The molecule has 206 valence electrons. The van der Waals surface area contributed by atoms with Crippen molar-refractivity contribution in [2.45, 2.75) is 17.7 Å². The molecule has 3 aromatic rings. The lowest BCUT2D eigenvalue weighted by Crippen LogP contribution is -2.48. The van der Waals surface area contributed by atoms with Crippen molar-refractivity contribution < 1.29 is 27.9 Å². The Balaban J connectivity index is 1.43.